The van der Waals surface area contributed by atoms with Crippen molar-refractivity contribution in [2.45, 2.75) is 57.3 Å². The van der Waals surface area contributed by atoms with Crippen LogP contribution in [-0.2, 0) is 36.8 Å². The zero-order valence-corrected chi connectivity index (χ0v) is 24.7. The monoisotopic (exact) mass is 608 g/mol. The average molecular weight is 609 g/mol. The molecule has 1 heterocycles. The molecule has 0 spiro atoms. The topological polar surface area (TPSA) is 216 Å². The van der Waals surface area contributed by atoms with Crippen molar-refractivity contribution in [1.82, 2.24) is 26.3 Å². The van der Waals surface area contributed by atoms with Crippen molar-refractivity contribution in [3.8, 4) is 0 Å². The number of nitrogens with one attached hydrogen (secondary N) is 5. The number of fused-ring (bicyclic) bond motifs is 1. The summed E-state index contributed by atoms with van der Waals surface area (Å²) in [5, 5.41) is 29.5. The predicted octanol–water partition coefficient (Wildman–Crippen LogP) is -0.0260. The standard InChI is InChI=1S/C31H40N6O7/c1-3-18(2)27(31(44)34-16-26(39)40)37-30(43)25(14-20-15-33-23-12-8-7-11-21(20)23)36-29(42)24(35-28(41)22(32)17-38)13-19-9-5-4-6-10-19/h4-12,15,18,22,24-25,27,33,38H,3,13-14,16-17,32H2,1-2H3,(H,34,44)(H,35,41)(H,36,42)(H,37,43)(H,39,40)/t18-,22-,24-,25-,27-/m0/s1. The van der Waals surface area contributed by atoms with Crippen LogP contribution in [0.1, 0.15) is 31.4 Å². The number of aromatic amines is 1. The molecule has 0 saturated heterocycles. The number of H-pyrrole nitrogens is 1. The van der Waals surface area contributed by atoms with Gasteiger partial charge >= 0.3 is 5.97 Å². The lowest BCUT2D eigenvalue weighted by Crippen LogP contribution is -2.59. The molecule has 0 radical (unpaired) electrons. The molecule has 13 heteroatoms. The first kappa shape index (κ1) is 33.7. The summed E-state index contributed by atoms with van der Waals surface area (Å²) < 4.78 is 0. The van der Waals surface area contributed by atoms with Crippen molar-refractivity contribution in [3.05, 3.63) is 71.9 Å². The van der Waals surface area contributed by atoms with E-state index in [1.54, 1.807) is 43.5 Å². The molecule has 3 aromatic rings. The van der Waals surface area contributed by atoms with Gasteiger partial charge in [-0.25, -0.2) is 0 Å². The SMILES string of the molecule is CC[C@H](C)[C@H](NC(=O)[C@H](Cc1c[nH]c2ccccc12)NC(=O)[C@H](Cc1ccccc1)NC(=O)[C@@H](N)CO)C(=O)NCC(=O)O. The fraction of sp³-hybridized carbons (Fsp3) is 0.387. The number of aliphatic hydroxyl groups is 1. The van der Waals surface area contributed by atoms with E-state index < -0.39 is 66.9 Å². The summed E-state index contributed by atoms with van der Waals surface area (Å²) in [6.07, 6.45) is 2.34. The highest BCUT2D eigenvalue weighted by atomic mass is 16.4. The molecular formula is C31H40N6O7. The Kier molecular flexibility index (Phi) is 12.4. The lowest BCUT2D eigenvalue weighted by molar-refractivity contribution is -0.139. The van der Waals surface area contributed by atoms with Gasteiger partial charge in [-0.05, 0) is 23.1 Å². The van der Waals surface area contributed by atoms with Crippen molar-refractivity contribution >= 4 is 40.5 Å². The van der Waals surface area contributed by atoms with Gasteiger partial charge in [-0.2, -0.15) is 0 Å². The van der Waals surface area contributed by atoms with Gasteiger partial charge in [-0.15, -0.1) is 0 Å². The number of carbonyl (C=O) groups is 5. The molecule has 3 rings (SSSR count). The molecule has 0 aliphatic rings. The number of aliphatic carboxylic acids is 1. The minimum absolute atomic E-state index is 0.0354. The summed E-state index contributed by atoms with van der Waals surface area (Å²) in [4.78, 5) is 67.2. The van der Waals surface area contributed by atoms with Crippen LogP contribution < -0.4 is 27.0 Å². The number of aromatic nitrogens is 1. The van der Waals surface area contributed by atoms with E-state index in [1.807, 2.05) is 31.2 Å². The van der Waals surface area contributed by atoms with E-state index in [0.29, 0.717) is 6.42 Å². The number of amides is 4. The molecular weight excluding hydrogens is 568 g/mol. The molecule has 9 N–H and O–H groups in total. The Bertz CT molecular complexity index is 1440. The van der Waals surface area contributed by atoms with Gasteiger partial charge in [0.2, 0.25) is 23.6 Å². The average Bonchev–Trinajstić information content (AvgIpc) is 3.43. The fourth-order valence-corrected chi connectivity index (χ4v) is 4.65. The molecule has 0 aliphatic carbocycles. The summed E-state index contributed by atoms with van der Waals surface area (Å²) in [6.45, 7) is 2.33. The number of nitrogens with two attached hydrogens (primary N) is 1. The van der Waals surface area contributed by atoms with Crippen molar-refractivity contribution in [2.75, 3.05) is 13.2 Å². The number of hydrogen-bond acceptors (Lipinski definition) is 7. The third-order valence-electron chi connectivity index (χ3n) is 7.39. The molecule has 0 bridgehead atoms. The second-order valence-corrected chi connectivity index (χ2v) is 10.6. The summed E-state index contributed by atoms with van der Waals surface area (Å²) in [6, 6.07) is 11.7. The van der Waals surface area contributed by atoms with E-state index in [2.05, 4.69) is 26.3 Å². The number of benzene rings is 2. The summed E-state index contributed by atoms with van der Waals surface area (Å²) in [5.74, 6) is -4.35. The van der Waals surface area contributed by atoms with Crippen LogP contribution in [0.25, 0.3) is 10.9 Å². The highest BCUT2D eigenvalue weighted by molar-refractivity contribution is 5.96. The first-order valence-electron chi connectivity index (χ1n) is 14.4. The first-order valence-corrected chi connectivity index (χ1v) is 14.4. The van der Waals surface area contributed by atoms with Crippen LogP contribution in [0, 0.1) is 5.92 Å². The molecule has 5 atom stereocenters. The van der Waals surface area contributed by atoms with Gasteiger partial charge in [0.25, 0.3) is 0 Å². The van der Waals surface area contributed by atoms with Crippen molar-refractivity contribution in [3.63, 3.8) is 0 Å². The van der Waals surface area contributed by atoms with Crippen molar-refractivity contribution in [2.24, 2.45) is 11.7 Å². The second kappa shape index (κ2) is 16.2. The Balaban J connectivity index is 1.92. The Morgan fingerprint density at radius 3 is 2.11 bits per heavy atom. The quantitative estimate of drug-likeness (QED) is 0.110. The molecule has 13 nitrogen and oxygen atoms in total. The Morgan fingerprint density at radius 2 is 1.45 bits per heavy atom. The van der Waals surface area contributed by atoms with Gasteiger partial charge in [0.05, 0.1) is 6.61 Å². The molecule has 2 aromatic carbocycles. The molecule has 44 heavy (non-hydrogen) atoms. The van der Waals surface area contributed by atoms with E-state index in [1.165, 1.54) is 0 Å². The lowest BCUT2D eigenvalue weighted by atomic mass is 9.96. The minimum Gasteiger partial charge on any atom is -0.480 e. The second-order valence-electron chi connectivity index (χ2n) is 10.6. The molecule has 4 amide bonds. The highest BCUT2D eigenvalue weighted by Gasteiger charge is 2.33. The van der Waals surface area contributed by atoms with Gasteiger partial charge in [0, 0.05) is 29.9 Å². The summed E-state index contributed by atoms with van der Waals surface area (Å²) in [5.41, 5.74) is 7.96. The number of aliphatic hydroxyl groups excluding tert-OH is 1. The number of rotatable bonds is 16. The summed E-state index contributed by atoms with van der Waals surface area (Å²) in [7, 11) is 0. The van der Waals surface area contributed by atoms with Crippen molar-refractivity contribution in [1.29, 1.82) is 0 Å². The molecule has 236 valence electrons. The number of carboxylic acids is 1. The molecule has 1 aromatic heterocycles. The van der Waals surface area contributed by atoms with Gasteiger partial charge in [-0.3, -0.25) is 24.0 Å². The van der Waals surface area contributed by atoms with Crippen LogP contribution in [0.2, 0.25) is 0 Å². The minimum atomic E-state index is -1.26. The van der Waals surface area contributed by atoms with Gasteiger partial charge in [-0.1, -0.05) is 68.8 Å². The highest BCUT2D eigenvalue weighted by Crippen LogP contribution is 2.20. The lowest BCUT2D eigenvalue weighted by Gasteiger charge is -2.28. The molecule has 0 aliphatic heterocycles. The van der Waals surface area contributed by atoms with Gasteiger partial charge in [0.1, 0.15) is 30.7 Å². The zero-order chi connectivity index (χ0) is 32.2. The summed E-state index contributed by atoms with van der Waals surface area (Å²) >= 11 is 0. The van der Waals surface area contributed by atoms with Crippen LogP contribution in [0.4, 0.5) is 0 Å². The van der Waals surface area contributed by atoms with Crippen LogP contribution in [0.5, 0.6) is 0 Å². The third kappa shape index (κ3) is 9.38. The number of carbonyl (C=O) groups excluding carboxylic acids is 4. The Labute approximate surface area is 255 Å². The number of carboxylic acid groups (broad SMARTS) is 1. The maximum atomic E-state index is 13.8. The fourth-order valence-electron chi connectivity index (χ4n) is 4.65. The normalized spacial score (nSPS) is 14.5. The predicted molar refractivity (Wildman–Crippen MR) is 163 cm³/mol. The van der Waals surface area contributed by atoms with E-state index >= 15 is 0 Å². The maximum Gasteiger partial charge on any atom is 0.322 e. The Hall–Kier alpha value is -4.75. The molecule has 0 saturated carbocycles. The van der Waals surface area contributed by atoms with E-state index in [9.17, 15) is 29.1 Å². The van der Waals surface area contributed by atoms with Crippen LogP contribution in [0.3, 0.4) is 0 Å². The number of hydrogen-bond donors (Lipinski definition) is 8. The first-order chi connectivity index (χ1) is 21.0. The smallest absolute Gasteiger partial charge is 0.322 e. The van der Waals surface area contributed by atoms with Crippen LogP contribution in [-0.4, -0.2) is 82.1 Å². The maximum absolute atomic E-state index is 13.8. The van der Waals surface area contributed by atoms with Gasteiger partial charge in [0.15, 0.2) is 0 Å². The van der Waals surface area contributed by atoms with E-state index in [0.717, 1.165) is 22.0 Å². The van der Waals surface area contributed by atoms with Crippen LogP contribution in [0.15, 0.2) is 60.8 Å². The molecule has 0 fully saturated rings. The van der Waals surface area contributed by atoms with Gasteiger partial charge < -0.3 is 42.2 Å². The van der Waals surface area contributed by atoms with E-state index in [4.69, 9.17) is 10.8 Å². The number of para-hydroxylation sites is 1. The van der Waals surface area contributed by atoms with Crippen molar-refractivity contribution < 1.29 is 34.2 Å². The van der Waals surface area contributed by atoms with E-state index in [-0.39, 0.29) is 18.8 Å². The largest absolute Gasteiger partial charge is 0.480 e. The van der Waals surface area contributed by atoms with Crippen LogP contribution >= 0.6 is 0 Å². The third-order valence-corrected chi connectivity index (χ3v) is 7.39. The Morgan fingerprint density at radius 1 is 0.841 bits per heavy atom. The zero-order valence-electron chi connectivity index (χ0n) is 24.7. The molecule has 0 unspecified atom stereocenters.